The van der Waals surface area contributed by atoms with E-state index >= 15 is 0 Å². The summed E-state index contributed by atoms with van der Waals surface area (Å²) in [5, 5.41) is 17.3. The van der Waals surface area contributed by atoms with Crippen LogP contribution in [0.4, 0.5) is 38.0 Å². The fourth-order valence-corrected chi connectivity index (χ4v) is 9.72. The molecule has 11 nitrogen and oxygen atoms in total. The molecule has 8 rings (SSSR count). The van der Waals surface area contributed by atoms with Gasteiger partial charge >= 0.3 is 18.3 Å². The molecule has 17 heteroatoms. The summed E-state index contributed by atoms with van der Waals surface area (Å²) in [7, 11) is 0. The van der Waals surface area contributed by atoms with Gasteiger partial charge in [0.1, 0.15) is 5.54 Å². The number of fused-ring (bicyclic) bond motifs is 5. The molecule has 1 amide bonds. The average Bonchev–Trinajstić information content (AvgIpc) is 3.73. The third-order valence-electron chi connectivity index (χ3n) is 12.0. The Balaban J connectivity index is 1.12. The molecular weight excluding hydrogens is 708 g/mol. The van der Waals surface area contributed by atoms with Crippen LogP contribution in [0.5, 0.6) is 0 Å². The van der Waals surface area contributed by atoms with E-state index in [1.807, 2.05) is 13.0 Å². The van der Waals surface area contributed by atoms with Crippen LogP contribution in [0.15, 0.2) is 30.6 Å². The molecule has 4 unspecified atom stereocenters. The number of aliphatic carboxylic acids is 1. The van der Waals surface area contributed by atoms with E-state index in [-0.39, 0.29) is 43.8 Å². The van der Waals surface area contributed by atoms with Crippen LogP contribution in [0.25, 0.3) is 5.69 Å². The molecule has 1 aromatic carbocycles. The molecule has 2 aliphatic carbocycles. The van der Waals surface area contributed by atoms with Crippen LogP contribution in [0.3, 0.4) is 0 Å². The molecular formula is C36H39F6N7O4. The molecule has 3 fully saturated rings. The van der Waals surface area contributed by atoms with Crippen LogP contribution < -0.4 is 10.2 Å². The van der Waals surface area contributed by atoms with Crippen molar-refractivity contribution in [2.24, 2.45) is 17.8 Å². The normalized spacial score (nSPS) is 26.8. The number of rotatable bonds is 6. The largest absolute Gasteiger partial charge is 0.479 e. The Kier molecular flexibility index (Phi) is 8.55. The minimum Gasteiger partial charge on any atom is -0.479 e. The second-order valence-corrected chi connectivity index (χ2v) is 15.5. The van der Waals surface area contributed by atoms with E-state index in [1.54, 1.807) is 27.9 Å². The van der Waals surface area contributed by atoms with Crippen LogP contribution in [-0.2, 0) is 34.1 Å². The first-order valence-electron chi connectivity index (χ1n) is 17.9. The van der Waals surface area contributed by atoms with Crippen molar-refractivity contribution in [1.82, 2.24) is 30.0 Å². The fourth-order valence-electron chi connectivity index (χ4n) is 9.72. The summed E-state index contributed by atoms with van der Waals surface area (Å²) in [6.07, 6.45) is -3.39. The van der Waals surface area contributed by atoms with E-state index in [9.17, 15) is 41.0 Å². The minimum atomic E-state index is -5.06. The lowest BCUT2D eigenvalue weighted by Gasteiger charge is -2.34. The van der Waals surface area contributed by atoms with Gasteiger partial charge in [0, 0.05) is 67.8 Å². The predicted molar refractivity (Wildman–Crippen MR) is 177 cm³/mol. The number of carboxylic acids is 1. The average molecular weight is 748 g/mol. The van der Waals surface area contributed by atoms with Gasteiger partial charge in [0.15, 0.2) is 5.69 Å². The highest BCUT2D eigenvalue weighted by atomic mass is 19.4. The maximum absolute atomic E-state index is 14.7. The lowest BCUT2D eigenvalue weighted by Crippen LogP contribution is -2.57. The smallest absolute Gasteiger partial charge is 0.434 e. The molecule has 1 spiro atoms. The van der Waals surface area contributed by atoms with Crippen molar-refractivity contribution in [3.05, 3.63) is 58.7 Å². The lowest BCUT2D eigenvalue weighted by atomic mass is 9.76. The number of carboxylic acid groups (broad SMARTS) is 1. The van der Waals surface area contributed by atoms with Crippen LogP contribution in [0, 0.1) is 17.8 Å². The highest BCUT2D eigenvalue weighted by molar-refractivity contribution is 5.99. The van der Waals surface area contributed by atoms with Crippen molar-refractivity contribution in [3.8, 4) is 5.69 Å². The molecule has 4 atom stereocenters. The number of carbonyl (C=O) groups excluding carboxylic acids is 1. The van der Waals surface area contributed by atoms with Crippen molar-refractivity contribution < 1.29 is 45.8 Å². The van der Waals surface area contributed by atoms with Gasteiger partial charge in [0.2, 0.25) is 5.95 Å². The van der Waals surface area contributed by atoms with Gasteiger partial charge in [-0.15, -0.1) is 0 Å². The number of alkyl halides is 6. The Morgan fingerprint density at radius 3 is 2.57 bits per heavy atom. The van der Waals surface area contributed by atoms with E-state index in [4.69, 9.17) is 4.74 Å². The van der Waals surface area contributed by atoms with Gasteiger partial charge < -0.3 is 20.1 Å². The van der Waals surface area contributed by atoms with Gasteiger partial charge in [-0.1, -0.05) is 6.92 Å². The molecule has 53 heavy (non-hydrogen) atoms. The van der Waals surface area contributed by atoms with Crippen LogP contribution >= 0.6 is 0 Å². The number of aromatic nitrogens is 4. The molecule has 284 valence electrons. The molecule has 5 heterocycles. The summed E-state index contributed by atoms with van der Waals surface area (Å²) in [4.78, 5) is 37.4. The number of nitrogens with zero attached hydrogens (tertiary/aromatic N) is 6. The number of hydrogen-bond acceptors (Lipinski definition) is 8. The van der Waals surface area contributed by atoms with Crippen molar-refractivity contribution in [3.63, 3.8) is 0 Å². The first kappa shape index (κ1) is 35.8. The summed E-state index contributed by atoms with van der Waals surface area (Å²) >= 11 is 0. The van der Waals surface area contributed by atoms with Crippen molar-refractivity contribution in [2.75, 3.05) is 37.7 Å². The highest BCUT2D eigenvalue weighted by Crippen LogP contribution is 2.52. The number of amides is 1. The number of carbonyl (C=O) groups is 2. The molecule has 1 saturated heterocycles. The van der Waals surface area contributed by atoms with E-state index < -0.39 is 58.9 Å². The first-order valence-corrected chi connectivity index (χ1v) is 17.9. The van der Waals surface area contributed by atoms with Crippen molar-refractivity contribution >= 4 is 23.5 Å². The lowest BCUT2D eigenvalue weighted by molar-refractivity contribution is -0.148. The molecule has 2 saturated carbocycles. The maximum atomic E-state index is 14.7. The zero-order chi connectivity index (χ0) is 37.5. The Labute approximate surface area is 300 Å². The first-order chi connectivity index (χ1) is 25.1. The number of nitrogens with one attached hydrogen (secondary N) is 1. The second kappa shape index (κ2) is 12.7. The zero-order valence-electron chi connectivity index (χ0n) is 28.9. The predicted octanol–water partition coefficient (Wildman–Crippen LogP) is 5.81. The summed E-state index contributed by atoms with van der Waals surface area (Å²) < 4.78 is 90.7. The van der Waals surface area contributed by atoms with Crippen molar-refractivity contribution in [1.29, 1.82) is 0 Å². The van der Waals surface area contributed by atoms with E-state index in [0.29, 0.717) is 62.3 Å². The Morgan fingerprint density at radius 2 is 1.85 bits per heavy atom. The Morgan fingerprint density at radius 1 is 1.08 bits per heavy atom. The van der Waals surface area contributed by atoms with E-state index in [2.05, 4.69) is 20.4 Å². The van der Waals surface area contributed by atoms with Gasteiger partial charge in [-0.2, -0.15) is 31.4 Å². The molecule has 5 aliphatic rings. The third-order valence-corrected chi connectivity index (χ3v) is 12.0. The summed E-state index contributed by atoms with van der Waals surface area (Å²) in [6, 6.07) is 5.44. The quantitative estimate of drug-likeness (QED) is 0.301. The van der Waals surface area contributed by atoms with Crippen LogP contribution in [0.1, 0.15) is 78.3 Å². The number of hydrogen-bond donors (Lipinski definition) is 2. The standard InChI is InChI=1S/C36H39F6N7O4/c1-20-10-21-12-23(11-20)34(14-21,31(51)52)46-30(50)25-16-43-32(45-29(25)36(40,41)42)48-18-33(5-8-53-9-6-33)26-13-24(2-3-28(26)48)49-27-4-7-47(19-35(37,38)39)17-22(27)15-44-49/h2-3,13,15-16,20-21,23H,4-12,14,17-19H2,1H3,(H,46,50)(H,51,52). The zero-order valence-corrected chi connectivity index (χ0v) is 28.9. The number of benzene rings is 1. The summed E-state index contributed by atoms with van der Waals surface area (Å²) in [6.45, 7) is 2.40. The number of anilines is 2. The molecule has 2 bridgehead atoms. The van der Waals surface area contributed by atoms with E-state index in [0.717, 1.165) is 23.9 Å². The van der Waals surface area contributed by atoms with Gasteiger partial charge in [0.25, 0.3) is 5.91 Å². The number of ether oxygens (including phenoxy) is 1. The van der Waals surface area contributed by atoms with Gasteiger partial charge in [-0.3, -0.25) is 9.69 Å². The second-order valence-electron chi connectivity index (χ2n) is 15.5. The fraction of sp³-hybridized carbons (Fsp3) is 0.583. The minimum absolute atomic E-state index is 0.0569. The molecule has 2 N–H and O–H groups in total. The van der Waals surface area contributed by atoms with E-state index in [1.165, 1.54) is 4.90 Å². The molecule has 0 radical (unpaired) electrons. The molecule has 3 aliphatic heterocycles. The topological polar surface area (TPSA) is 126 Å². The van der Waals surface area contributed by atoms with Crippen LogP contribution in [0.2, 0.25) is 0 Å². The number of halogens is 6. The third kappa shape index (κ3) is 6.32. The monoisotopic (exact) mass is 747 g/mol. The summed E-state index contributed by atoms with van der Waals surface area (Å²) in [5.41, 5.74) is -0.935. The van der Waals surface area contributed by atoms with Crippen molar-refractivity contribution in [2.45, 2.75) is 81.7 Å². The summed E-state index contributed by atoms with van der Waals surface area (Å²) in [5.74, 6) is -2.79. The SMILES string of the molecule is CC1CC2CC(C1)C(NC(=O)c1cnc(N3CC4(CCOCC4)c4cc(-n5ncc6c5CCN(CC(F)(F)F)C6)ccc43)nc1C(F)(F)F)(C(=O)O)C2. The maximum Gasteiger partial charge on any atom is 0.434 e. The van der Waals surface area contributed by atoms with Crippen LogP contribution in [-0.4, -0.2) is 86.2 Å². The Bertz CT molecular complexity index is 1940. The highest BCUT2D eigenvalue weighted by Gasteiger charge is 2.57. The Hall–Kier alpha value is -4.25. The van der Waals surface area contributed by atoms with Gasteiger partial charge in [-0.25, -0.2) is 19.4 Å². The molecule has 3 aromatic rings. The molecule has 2 aromatic heterocycles. The van der Waals surface area contributed by atoms with Gasteiger partial charge in [-0.05, 0) is 80.0 Å². The van der Waals surface area contributed by atoms with Gasteiger partial charge in [0.05, 0.1) is 24.0 Å².